The lowest BCUT2D eigenvalue weighted by Gasteiger charge is -2.29. The standard InChI is InChI=1S/C35H40FN5O7/c1-40-16-8-9-22(20-40)21-47-29-14-12-23(17-26(29)36)37-34-38-27(25-10-7-11-31(45-5)33(25)46-6)19-32(39-34)48-35(42)41(2)28-18-24(43-3)13-15-30(28)44-4/h7,10-15,17-19,22H,8-9,16,20-21H2,1-6H3,(H,37,38,39). The molecule has 254 valence electrons. The van der Waals surface area contributed by atoms with Crippen molar-refractivity contribution in [2.45, 2.75) is 12.8 Å². The third-order valence-electron chi connectivity index (χ3n) is 7.98. The van der Waals surface area contributed by atoms with Crippen LogP contribution in [0.25, 0.3) is 11.3 Å². The molecule has 4 aromatic rings. The van der Waals surface area contributed by atoms with E-state index in [2.05, 4.69) is 27.2 Å². The molecule has 1 fully saturated rings. The van der Waals surface area contributed by atoms with Gasteiger partial charge >= 0.3 is 6.09 Å². The summed E-state index contributed by atoms with van der Waals surface area (Å²) >= 11 is 0. The van der Waals surface area contributed by atoms with Gasteiger partial charge in [0.1, 0.15) is 11.5 Å². The van der Waals surface area contributed by atoms with Crippen LogP contribution < -0.4 is 38.6 Å². The van der Waals surface area contributed by atoms with Crippen LogP contribution in [0.4, 0.5) is 26.5 Å². The molecule has 0 spiro atoms. The highest BCUT2D eigenvalue weighted by atomic mass is 19.1. The van der Waals surface area contributed by atoms with E-state index in [9.17, 15) is 4.79 Å². The van der Waals surface area contributed by atoms with Gasteiger partial charge in [-0.15, -0.1) is 0 Å². The van der Waals surface area contributed by atoms with Crippen LogP contribution >= 0.6 is 0 Å². The van der Waals surface area contributed by atoms with Crippen molar-refractivity contribution < 1.29 is 37.6 Å². The molecule has 1 aliphatic heterocycles. The molecule has 1 amide bonds. The molecule has 5 rings (SSSR count). The number of benzene rings is 3. The van der Waals surface area contributed by atoms with Crippen LogP contribution in [-0.4, -0.2) is 83.2 Å². The molecule has 1 atom stereocenters. The number of carbonyl (C=O) groups excluding carboxylic acids is 1. The molecule has 1 saturated heterocycles. The number of piperidine rings is 1. The normalized spacial score (nSPS) is 14.5. The number of rotatable bonds is 12. The fraction of sp³-hybridized carbons (Fsp3) is 0.343. The van der Waals surface area contributed by atoms with E-state index >= 15 is 4.39 Å². The van der Waals surface area contributed by atoms with Crippen molar-refractivity contribution in [2.75, 3.05) is 72.4 Å². The number of amides is 1. The van der Waals surface area contributed by atoms with Crippen LogP contribution in [0.3, 0.4) is 0 Å². The Morgan fingerprint density at radius 2 is 1.75 bits per heavy atom. The summed E-state index contributed by atoms with van der Waals surface area (Å²) in [5, 5.41) is 3.03. The number of hydrogen-bond acceptors (Lipinski definition) is 11. The number of halogens is 1. The first-order chi connectivity index (χ1) is 23.2. The number of likely N-dealkylation sites (tertiary alicyclic amines) is 1. The first-order valence-corrected chi connectivity index (χ1v) is 15.4. The monoisotopic (exact) mass is 661 g/mol. The minimum absolute atomic E-state index is 0.0418. The number of anilines is 3. The maximum Gasteiger partial charge on any atom is 0.420 e. The van der Waals surface area contributed by atoms with Gasteiger partial charge in [0.05, 0.1) is 46.4 Å². The van der Waals surface area contributed by atoms with Crippen LogP contribution in [0, 0.1) is 11.7 Å². The summed E-state index contributed by atoms with van der Waals surface area (Å²) in [4.78, 5) is 26.0. The lowest BCUT2D eigenvalue weighted by Crippen LogP contribution is -2.34. The van der Waals surface area contributed by atoms with E-state index < -0.39 is 11.9 Å². The van der Waals surface area contributed by atoms with E-state index in [1.54, 1.807) is 48.5 Å². The zero-order valence-corrected chi connectivity index (χ0v) is 27.9. The predicted molar refractivity (Wildman–Crippen MR) is 180 cm³/mol. The Labute approximate surface area is 279 Å². The molecule has 3 aromatic carbocycles. The molecule has 2 heterocycles. The number of hydrogen-bond donors (Lipinski definition) is 1. The Morgan fingerprint density at radius 1 is 0.958 bits per heavy atom. The summed E-state index contributed by atoms with van der Waals surface area (Å²) in [6.45, 7) is 2.42. The number of nitrogens with one attached hydrogen (secondary N) is 1. The van der Waals surface area contributed by atoms with Gasteiger partial charge in [0.15, 0.2) is 23.1 Å². The van der Waals surface area contributed by atoms with Gasteiger partial charge < -0.3 is 38.6 Å². The van der Waals surface area contributed by atoms with Crippen LogP contribution in [-0.2, 0) is 0 Å². The second-order valence-corrected chi connectivity index (χ2v) is 11.3. The second kappa shape index (κ2) is 15.5. The maximum atomic E-state index is 15.2. The molecular weight excluding hydrogens is 621 g/mol. The lowest BCUT2D eigenvalue weighted by molar-refractivity contribution is 0.147. The Morgan fingerprint density at radius 3 is 2.46 bits per heavy atom. The van der Waals surface area contributed by atoms with Crippen molar-refractivity contribution in [2.24, 2.45) is 5.92 Å². The molecule has 0 radical (unpaired) electrons. The fourth-order valence-electron chi connectivity index (χ4n) is 5.52. The average Bonchev–Trinajstić information content (AvgIpc) is 3.10. The zero-order valence-electron chi connectivity index (χ0n) is 27.9. The van der Waals surface area contributed by atoms with Crippen molar-refractivity contribution >= 4 is 23.4 Å². The molecule has 1 aromatic heterocycles. The third-order valence-corrected chi connectivity index (χ3v) is 7.98. The summed E-state index contributed by atoms with van der Waals surface area (Å²) in [6, 6.07) is 16.4. The molecule has 1 aliphatic rings. The highest BCUT2D eigenvalue weighted by Gasteiger charge is 2.22. The van der Waals surface area contributed by atoms with Crippen LogP contribution in [0.2, 0.25) is 0 Å². The van der Waals surface area contributed by atoms with Crippen molar-refractivity contribution in [1.29, 1.82) is 0 Å². The molecule has 0 bridgehead atoms. The van der Waals surface area contributed by atoms with Crippen LogP contribution in [0.1, 0.15) is 12.8 Å². The van der Waals surface area contributed by atoms with Crippen molar-refractivity contribution in [3.63, 3.8) is 0 Å². The van der Waals surface area contributed by atoms with Crippen LogP contribution in [0.5, 0.6) is 34.6 Å². The van der Waals surface area contributed by atoms with Gasteiger partial charge in [-0.05, 0) is 62.8 Å². The largest absolute Gasteiger partial charge is 0.497 e. The van der Waals surface area contributed by atoms with E-state index in [-0.39, 0.29) is 17.6 Å². The molecule has 12 nitrogen and oxygen atoms in total. The Balaban J connectivity index is 1.43. The first kappa shape index (κ1) is 34.0. The zero-order chi connectivity index (χ0) is 34.2. The van der Waals surface area contributed by atoms with Gasteiger partial charge in [0, 0.05) is 49.0 Å². The number of carbonyl (C=O) groups is 1. The van der Waals surface area contributed by atoms with E-state index in [1.165, 1.54) is 52.5 Å². The first-order valence-electron chi connectivity index (χ1n) is 15.4. The summed E-state index contributed by atoms with van der Waals surface area (Å²) in [6.07, 6.45) is 1.39. The minimum atomic E-state index is -0.758. The quantitative estimate of drug-likeness (QED) is 0.181. The lowest BCUT2D eigenvalue weighted by atomic mass is 10.00. The van der Waals surface area contributed by atoms with Gasteiger partial charge in [-0.1, -0.05) is 6.07 Å². The van der Waals surface area contributed by atoms with Gasteiger partial charge in [-0.3, -0.25) is 4.90 Å². The van der Waals surface area contributed by atoms with Gasteiger partial charge in [0.25, 0.3) is 0 Å². The average molecular weight is 662 g/mol. The number of para-hydroxylation sites is 1. The van der Waals surface area contributed by atoms with Crippen molar-refractivity contribution in [3.05, 3.63) is 66.5 Å². The van der Waals surface area contributed by atoms with Crippen molar-refractivity contribution in [3.8, 4) is 45.9 Å². The van der Waals surface area contributed by atoms with Crippen molar-refractivity contribution in [1.82, 2.24) is 14.9 Å². The van der Waals surface area contributed by atoms with E-state index in [0.29, 0.717) is 58.2 Å². The predicted octanol–water partition coefficient (Wildman–Crippen LogP) is 6.42. The summed E-state index contributed by atoms with van der Waals surface area (Å²) in [5.74, 6) is 1.78. The second-order valence-electron chi connectivity index (χ2n) is 11.3. The van der Waals surface area contributed by atoms with E-state index in [1.807, 2.05) is 0 Å². The molecule has 13 heteroatoms. The molecule has 0 saturated carbocycles. The summed E-state index contributed by atoms with van der Waals surface area (Å²) < 4.78 is 48.6. The Hall–Kier alpha value is -5.30. The van der Waals surface area contributed by atoms with E-state index in [4.69, 9.17) is 28.4 Å². The van der Waals surface area contributed by atoms with Gasteiger partial charge in [-0.2, -0.15) is 4.98 Å². The number of methoxy groups -OCH3 is 4. The SMILES string of the molecule is COc1ccc(OC)c(N(C)C(=O)Oc2cc(-c3cccc(OC)c3OC)nc(Nc3ccc(OCC4CCCN(C)C4)c(F)c3)n2)c1. The third kappa shape index (κ3) is 7.97. The molecule has 1 unspecified atom stereocenters. The maximum absolute atomic E-state index is 15.2. The minimum Gasteiger partial charge on any atom is -0.497 e. The topological polar surface area (TPSA) is 117 Å². The smallest absolute Gasteiger partial charge is 0.420 e. The highest BCUT2D eigenvalue weighted by Crippen LogP contribution is 2.39. The molecule has 1 N–H and O–H groups in total. The fourth-order valence-corrected chi connectivity index (χ4v) is 5.52. The number of aromatic nitrogens is 2. The summed E-state index contributed by atoms with van der Waals surface area (Å²) in [5.41, 5.74) is 1.68. The van der Waals surface area contributed by atoms with E-state index in [0.717, 1.165) is 25.9 Å². The molecule has 48 heavy (non-hydrogen) atoms. The Bertz CT molecular complexity index is 1740. The molecule has 0 aliphatic carbocycles. The van der Waals surface area contributed by atoms with Gasteiger partial charge in [0.2, 0.25) is 11.8 Å². The highest BCUT2D eigenvalue weighted by molar-refractivity contribution is 5.91. The number of ether oxygens (including phenoxy) is 6. The number of nitrogens with zero attached hydrogens (tertiary/aromatic N) is 4. The van der Waals surface area contributed by atoms with Crippen LogP contribution in [0.15, 0.2) is 60.7 Å². The summed E-state index contributed by atoms with van der Waals surface area (Å²) in [7, 11) is 9.67. The van der Waals surface area contributed by atoms with Gasteiger partial charge in [-0.25, -0.2) is 14.2 Å². The Kier molecular flexibility index (Phi) is 11.0. The molecular formula is C35H40FN5O7.